The second kappa shape index (κ2) is 5.75. The van der Waals surface area contributed by atoms with E-state index in [1.54, 1.807) is 11.3 Å². The Labute approximate surface area is 100 Å². The van der Waals surface area contributed by atoms with Gasteiger partial charge in [-0.1, -0.05) is 6.92 Å². The summed E-state index contributed by atoms with van der Waals surface area (Å²) in [7, 11) is 0. The number of alkyl halides is 1. The summed E-state index contributed by atoms with van der Waals surface area (Å²) in [4.78, 5) is 4.78. The Hall–Kier alpha value is -0.450. The van der Waals surface area contributed by atoms with E-state index in [4.69, 9.17) is 0 Å². The van der Waals surface area contributed by atoms with Gasteiger partial charge in [0.05, 0.1) is 6.04 Å². The smallest absolute Gasteiger partial charge is 0.110 e. The third-order valence-electron chi connectivity index (χ3n) is 3.10. The lowest BCUT2D eigenvalue weighted by molar-refractivity contribution is 0.150. The second-order valence-electron chi connectivity index (χ2n) is 4.11. The van der Waals surface area contributed by atoms with Crippen LogP contribution in [0.4, 0.5) is 4.39 Å². The van der Waals surface area contributed by atoms with E-state index in [2.05, 4.69) is 29.3 Å². The number of nitrogens with zero attached hydrogens (tertiary/aromatic N) is 1. The molecular formula is C12H19FN2S. The van der Waals surface area contributed by atoms with E-state index in [1.807, 2.05) is 0 Å². The normalized spacial score (nSPS) is 19.9. The molecule has 0 unspecified atom stereocenters. The summed E-state index contributed by atoms with van der Waals surface area (Å²) < 4.78 is 13.2. The maximum absolute atomic E-state index is 13.2. The molecule has 0 bridgehead atoms. The van der Waals surface area contributed by atoms with Gasteiger partial charge in [-0.05, 0) is 18.6 Å². The van der Waals surface area contributed by atoms with Crippen LogP contribution >= 0.6 is 11.3 Å². The van der Waals surface area contributed by atoms with Gasteiger partial charge in [-0.2, -0.15) is 0 Å². The molecule has 1 atom stereocenters. The highest BCUT2D eigenvalue weighted by molar-refractivity contribution is 7.12. The van der Waals surface area contributed by atoms with Crippen molar-refractivity contribution in [3.63, 3.8) is 0 Å². The fraction of sp³-hybridized carbons (Fsp3) is 0.667. The lowest BCUT2D eigenvalue weighted by Gasteiger charge is -2.32. The number of rotatable bonds is 4. The van der Waals surface area contributed by atoms with E-state index < -0.39 is 0 Å². The molecule has 1 N–H and O–H groups in total. The average molecular weight is 242 g/mol. The molecule has 2 heterocycles. The van der Waals surface area contributed by atoms with Crippen LogP contribution in [0, 0.1) is 0 Å². The van der Waals surface area contributed by atoms with Gasteiger partial charge in [-0.15, -0.1) is 11.3 Å². The monoisotopic (exact) mass is 242 g/mol. The van der Waals surface area contributed by atoms with Gasteiger partial charge in [0.2, 0.25) is 0 Å². The minimum atomic E-state index is -0.274. The molecule has 16 heavy (non-hydrogen) atoms. The first-order chi connectivity index (χ1) is 7.85. The largest absolute Gasteiger partial charge is 0.314 e. The maximum Gasteiger partial charge on any atom is 0.110 e. The van der Waals surface area contributed by atoms with Crippen molar-refractivity contribution in [2.75, 3.05) is 32.9 Å². The van der Waals surface area contributed by atoms with Crippen LogP contribution in [0.15, 0.2) is 12.1 Å². The van der Waals surface area contributed by atoms with E-state index in [0.29, 0.717) is 0 Å². The molecule has 0 aliphatic carbocycles. The Bertz CT molecular complexity index is 321. The first-order valence-electron chi connectivity index (χ1n) is 5.94. The standard InChI is InChI=1S/C12H19FN2S/c1-2-10-3-4-12(16-10)11(9-13)15-7-5-14-6-8-15/h3-4,11,14H,2,5-9H2,1H3/t11-/m1/s1. The van der Waals surface area contributed by atoms with E-state index >= 15 is 0 Å². The molecule has 1 aliphatic heterocycles. The predicted molar refractivity (Wildman–Crippen MR) is 66.9 cm³/mol. The summed E-state index contributed by atoms with van der Waals surface area (Å²) in [5, 5.41) is 3.30. The van der Waals surface area contributed by atoms with E-state index in [1.165, 1.54) is 9.75 Å². The van der Waals surface area contributed by atoms with Gasteiger partial charge >= 0.3 is 0 Å². The Kier molecular flexibility index (Phi) is 4.32. The molecule has 0 spiro atoms. The molecule has 1 aromatic heterocycles. The number of thiophene rings is 1. The van der Waals surface area contributed by atoms with Crippen LogP contribution in [0.5, 0.6) is 0 Å². The van der Waals surface area contributed by atoms with Gasteiger partial charge in [-0.3, -0.25) is 4.90 Å². The second-order valence-corrected chi connectivity index (χ2v) is 5.31. The van der Waals surface area contributed by atoms with Crippen LogP contribution in [0.1, 0.15) is 22.7 Å². The molecule has 0 saturated carbocycles. The molecule has 90 valence electrons. The molecule has 0 radical (unpaired) electrons. The quantitative estimate of drug-likeness (QED) is 0.871. The fourth-order valence-electron chi connectivity index (χ4n) is 2.11. The van der Waals surface area contributed by atoms with E-state index in [9.17, 15) is 4.39 Å². The van der Waals surface area contributed by atoms with Crippen molar-refractivity contribution in [1.29, 1.82) is 0 Å². The number of aryl methyl sites for hydroxylation is 1. The molecule has 1 saturated heterocycles. The van der Waals surface area contributed by atoms with Crippen molar-refractivity contribution in [3.8, 4) is 0 Å². The number of halogens is 1. The van der Waals surface area contributed by atoms with Crippen molar-refractivity contribution in [3.05, 3.63) is 21.9 Å². The lowest BCUT2D eigenvalue weighted by atomic mass is 10.2. The van der Waals surface area contributed by atoms with E-state index in [0.717, 1.165) is 32.6 Å². The van der Waals surface area contributed by atoms with Gasteiger partial charge in [0.15, 0.2) is 0 Å². The fourth-order valence-corrected chi connectivity index (χ4v) is 3.18. The van der Waals surface area contributed by atoms with Gasteiger partial charge in [0.1, 0.15) is 6.67 Å². The number of hydrogen-bond donors (Lipinski definition) is 1. The summed E-state index contributed by atoms with van der Waals surface area (Å²) >= 11 is 1.76. The summed E-state index contributed by atoms with van der Waals surface area (Å²) in [6.07, 6.45) is 1.05. The summed E-state index contributed by atoms with van der Waals surface area (Å²) in [6.45, 7) is 5.72. The average Bonchev–Trinajstić information content (AvgIpc) is 2.80. The minimum Gasteiger partial charge on any atom is -0.314 e. The topological polar surface area (TPSA) is 15.3 Å². The summed E-state index contributed by atoms with van der Waals surface area (Å²) in [5.41, 5.74) is 0. The van der Waals surface area contributed by atoms with E-state index in [-0.39, 0.29) is 12.7 Å². The molecule has 2 rings (SSSR count). The molecule has 0 amide bonds. The van der Waals surface area contributed by atoms with Crippen LogP contribution in [-0.4, -0.2) is 37.8 Å². The molecule has 2 nitrogen and oxygen atoms in total. The highest BCUT2D eigenvalue weighted by Crippen LogP contribution is 2.28. The van der Waals surface area contributed by atoms with Crippen molar-refractivity contribution in [2.24, 2.45) is 0 Å². The molecule has 1 fully saturated rings. The first kappa shape index (κ1) is 12.0. The number of hydrogen-bond acceptors (Lipinski definition) is 3. The molecular weight excluding hydrogens is 223 g/mol. The minimum absolute atomic E-state index is 0.0209. The molecule has 0 aromatic carbocycles. The first-order valence-corrected chi connectivity index (χ1v) is 6.76. The Morgan fingerprint density at radius 1 is 1.44 bits per heavy atom. The third-order valence-corrected chi connectivity index (χ3v) is 4.43. The zero-order valence-electron chi connectivity index (χ0n) is 9.71. The van der Waals surface area contributed by atoms with Crippen molar-refractivity contribution in [1.82, 2.24) is 10.2 Å². The molecule has 1 aliphatic rings. The molecule has 1 aromatic rings. The van der Waals surface area contributed by atoms with Crippen LogP contribution in [0.3, 0.4) is 0 Å². The Morgan fingerprint density at radius 3 is 2.75 bits per heavy atom. The zero-order chi connectivity index (χ0) is 11.4. The Balaban J connectivity index is 2.08. The van der Waals surface area contributed by atoms with Crippen LogP contribution in [-0.2, 0) is 6.42 Å². The lowest BCUT2D eigenvalue weighted by Crippen LogP contribution is -2.45. The van der Waals surface area contributed by atoms with Crippen molar-refractivity contribution >= 4 is 11.3 Å². The maximum atomic E-state index is 13.2. The van der Waals surface area contributed by atoms with Crippen LogP contribution in [0.25, 0.3) is 0 Å². The van der Waals surface area contributed by atoms with Gasteiger partial charge in [0, 0.05) is 35.9 Å². The van der Waals surface area contributed by atoms with Crippen molar-refractivity contribution < 1.29 is 4.39 Å². The molecule has 4 heteroatoms. The van der Waals surface area contributed by atoms with Crippen LogP contribution < -0.4 is 5.32 Å². The zero-order valence-corrected chi connectivity index (χ0v) is 10.5. The SMILES string of the molecule is CCc1ccc([C@@H](CF)N2CCNCC2)s1. The third kappa shape index (κ3) is 2.62. The summed E-state index contributed by atoms with van der Waals surface area (Å²) in [5.74, 6) is 0. The Morgan fingerprint density at radius 2 is 2.19 bits per heavy atom. The predicted octanol–water partition coefficient (Wildman–Crippen LogP) is 2.23. The van der Waals surface area contributed by atoms with Crippen molar-refractivity contribution in [2.45, 2.75) is 19.4 Å². The van der Waals surface area contributed by atoms with Gasteiger partial charge in [0.25, 0.3) is 0 Å². The summed E-state index contributed by atoms with van der Waals surface area (Å²) in [6, 6.07) is 4.20. The highest BCUT2D eigenvalue weighted by Gasteiger charge is 2.23. The number of piperazine rings is 1. The van der Waals surface area contributed by atoms with Gasteiger partial charge < -0.3 is 5.32 Å². The van der Waals surface area contributed by atoms with Crippen LogP contribution in [0.2, 0.25) is 0 Å². The van der Waals surface area contributed by atoms with Gasteiger partial charge in [-0.25, -0.2) is 4.39 Å². The number of nitrogens with one attached hydrogen (secondary N) is 1. The highest BCUT2D eigenvalue weighted by atomic mass is 32.1.